The third-order valence-corrected chi connectivity index (χ3v) is 5.59. The standard InChI is InChI=1S/C14H22FNO2S/c1-5-13(11-7-6-8-12(15)9-11)16-10-14(2,3)19(4,17)18/h6-9,13,16H,5,10H2,1-4H3. The van der Waals surface area contributed by atoms with Crippen LogP contribution in [0.5, 0.6) is 0 Å². The maximum Gasteiger partial charge on any atom is 0.153 e. The fourth-order valence-electron chi connectivity index (χ4n) is 1.72. The summed E-state index contributed by atoms with van der Waals surface area (Å²) in [6, 6.07) is 6.34. The van der Waals surface area contributed by atoms with E-state index in [1.54, 1.807) is 19.9 Å². The highest BCUT2D eigenvalue weighted by Gasteiger charge is 2.30. The number of benzene rings is 1. The summed E-state index contributed by atoms with van der Waals surface area (Å²) in [5.74, 6) is -0.278. The highest BCUT2D eigenvalue weighted by molar-refractivity contribution is 7.92. The second-order valence-corrected chi connectivity index (χ2v) is 8.08. The van der Waals surface area contributed by atoms with Gasteiger partial charge in [0.2, 0.25) is 0 Å². The first-order chi connectivity index (χ1) is 8.67. The zero-order valence-corrected chi connectivity index (χ0v) is 12.7. The molecule has 0 aliphatic rings. The summed E-state index contributed by atoms with van der Waals surface area (Å²) >= 11 is 0. The third kappa shape index (κ3) is 4.28. The molecule has 108 valence electrons. The molecule has 1 atom stereocenters. The van der Waals surface area contributed by atoms with Crippen molar-refractivity contribution in [1.82, 2.24) is 5.32 Å². The predicted octanol–water partition coefficient (Wildman–Crippen LogP) is 2.69. The molecule has 1 aromatic rings. The van der Waals surface area contributed by atoms with Gasteiger partial charge >= 0.3 is 0 Å². The van der Waals surface area contributed by atoms with E-state index in [1.807, 2.05) is 13.0 Å². The Morgan fingerprint density at radius 1 is 1.37 bits per heavy atom. The van der Waals surface area contributed by atoms with Gasteiger partial charge in [0, 0.05) is 18.8 Å². The van der Waals surface area contributed by atoms with Crippen LogP contribution in [0.25, 0.3) is 0 Å². The minimum Gasteiger partial charge on any atom is -0.308 e. The molecule has 0 amide bonds. The van der Waals surface area contributed by atoms with Gasteiger partial charge in [0.25, 0.3) is 0 Å². The number of nitrogens with one attached hydrogen (secondary N) is 1. The van der Waals surface area contributed by atoms with Gasteiger partial charge in [0.05, 0.1) is 4.75 Å². The summed E-state index contributed by atoms with van der Waals surface area (Å²) in [5.41, 5.74) is 0.840. The molecule has 1 unspecified atom stereocenters. The number of rotatable bonds is 6. The lowest BCUT2D eigenvalue weighted by Crippen LogP contribution is -2.42. The molecule has 1 N–H and O–H groups in total. The molecule has 0 heterocycles. The summed E-state index contributed by atoms with van der Waals surface area (Å²) in [6.07, 6.45) is 2.00. The maximum atomic E-state index is 13.2. The average Bonchev–Trinajstić information content (AvgIpc) is 2.28. The molecule has 0 aliphatic carbocycles. The van der Waals surface area contributed by atoms with Crippen LogP contribution in [-0.2, 0) is 9.84 Å². The molecule has 0 saturated carbocycles. The summed E-state index contributed by atoms with van der Waals surface area (Å²) in [7, 11) is -3.13. The molecule has 5 heteroatoms. The lowest BCUT2D eigenvalue weighted by molar-refractivity contribution is 0.462. The molecule has 0 aliphatic heterocycles. The first kappa shape index (κ1) is 16.1. The van der Waals surface area contributed by atoms with Crippen LogP contribution >= 0.6 is 0 Å². The Morgan fingerprint density at radius 2 is 2.00 bits per heavy atom. The van der Waals surface area contributed by atoms with Crippen molar-refractivity contribution in [2.45, 2.75) is 38.0 Å². The van der Waals surface area contributed by atoms with Gasteiger partial charge in [-0.15, -0.1) is 0 Å². The fraction of sp³-hybridized carbons (Fsp3) is 0.571. The summed E-state index contributed by atoms with van der Waals surface area (Å²) in [4.78, 5) is 0. The highest BCUT2D eigenvalue weighted by Crippen LogP contribution is 2.20. The van der Waals surface area contributed by atoms with Crippen molar-refractivity contribution in [2.75, 3.05) is 12.8 Å². The van der Waals surface area contributed by atoms with Gasteiger partial charge in [-0.1, -0.05) is 19.1 Å². The van der Waals surface area contributed by atoms with Crippen LogP contribution < -0.4 is 5.32 Å². The minimum absolute atomic E-state index is 0.0447. The van der Waals surface area contributed by atoms with E-state index in [0.717, 1.165) is 12.0 Å². The Hall–Kier alpha value is -0.940. The third-order valence-electron chi connectivity index (χ3n) is 3.44. The molecule has 3 nitrogen and oxygen atoms in total. The van der Waals surface area contributed by atoms with Crippen LogP contribution in [0.1, 0.15) is 38.8 Å². The first-order valence-corrected chi connectivity index (χ1v) is 8.25. The predicted molar refractivity (Wildman–Crippen MR) is 76.4 cm³/mol. The monoisotopic (exact) mass is 287 g/mol. The molecule has 19 heavy (non-hydrogen) atoms. The summed E-state index contributed by atoms with van der Waals surface area (Å²) < 4.78 is 35.7. The summed E-state index contributed by atoms with van der Waals surface area (Å²) in [6.45, 7) is 5.69. The van der Waals surface area contributed by atoms with Crippen molar-refractivity contribution in [3.8, 4) is 0 Å². The molecule has 0 fully saturated rings. The van der Waals surface area contributed by atoms with Crippen molar-refractivity contribution in [3.63, 3.8) is 0 Å². The molecular formula is C14H22FNO2S. The lowest BCUT2D eigenvalue weighted by Gasteiger charge is -2.26. The molecular weight excluding hydrogens is 265 g/mol. The molecule has 0 aromatic heterocycles. The molecule has 0 saturated heterocycles. The van der Waals surface area contributed by atoms with Crippen molar-refractivity contribution in [2.24, 2.45) is 0 Å². The Morgan fingerprint density at radius 3 is 2.47 bits per heavy atom. The van der Waals surface area contributed by atoms with Crippen LogP contribution in [0.2, 0.25) is 0 Å². The highest BCUT2D eigenvalue weighted by atomic mass is 32.2. The molecule has 0 radical (unpaired) electrons. The maximum absolute atomic E-state index is 13.2. The number of halogens is 1. The van der Waals surface area contributed by atoms with E-state index in [1.165, 1.54) is 18.4 Å². The first-order valence-electron chi connectivity index (χ1n) is 6.36. The van der Waals surface area contributed by atoms with Gasteiger partial charge in [-0.25, -0.2) is 12.8 Å². The molecule has 0 bridgehead atoms. The number of hydrogen-bond donors (Lipinski definition) is 1. The van der Waals surface area contributed by atoms with E-state index in [2.05, 4.69) is 5.32 Å². The van der Waals surface area contributed by atoms with Crippen molar-refractivity contribution in [1.29, 1.82) is 0 Å². The zero-order valence-electron chi connectivity index (χ0n) is 11.9. The van der Waals surface area contributed by atoms with Gasteiger partial charge in [0.1, 0.15) is 5.82 Å². The topological polar surface area (TPSA) is 46.2 Å². The van der Waals surface area contributed by atoms with Gasteiger partial charge in [-0.2, -0.15) is 0 Å². The van der Waals surface area contributed by atoms with E-state index in [0.29, 0.717) is 6.54 Å². The smallest absolute Gasteiger partial charge is 0.153 e. The Kier molecular flexibility index (Phi) is 5.10. The van der Waals surface area contributed by atoms with Gasteiger partial charge in [-0.3, -0.25) is 0 Å². The zero-order chi connectivity index (χ0) is 14.7. The fourth-order valence-corrected chi connectivity index (χ4v) is 2.07. The molecule has 1 aromatic carbocycles. The van der Waals surface area contributed by atoms with Crippen LogP contribution in [0, 0.1) is 5.82 Å². The van der Waals surface area contributed by atoms with Gasteiger partial charge < -0.3 is 5.32 Å². The molecule has 0 spiro atoms. The van der Waals surface area contributed by atoms with E-state index < -0.39 is 14.6 Å². The van der Waals surface area contributed by atoms with Crippen LogP contribution in [0.3, 0.4) is 0 Å². The lowest BCUT2D eigenvalue weighted by atomic mass is 10.0. The second-order valence-electron chi connectivity index (χ2n) is 5.43. The number of sulfone groups is 1. The second kappa shape index (κ2) is 6.01. The van der Waals surface area contributed by atoms with Crippen molar-refractivity contribution >= 4 is 9.84 Å². The van der Waals surface area contributed by atoms with Gasteiger partial charge in [0.15, 0.2) is 9.84 Å². The Bertz CT molecular complexity index is 526. The van der Waals surface area contributed by atoms with E-state index in [9.17, 15) is 12.8 Å². The van der Waals surface area contributed by atoms with Crippen LogP contribution in [0.4, 0.5) is 4.39 Å². The van der Waals surface area contributed by atoms with E-state index >= 15 is 0 Å². The largest absolute Gasteiger partial charge is 0.308 e. The van der Waals surface area contributed by atoms with E-state index in [4.69, 9.17) is 0 Å². The summed E-state index contributed by atoms with van der Waals surface area (Å²) in [5, 5.41) is 3.21. The minimum atomic E-state index is -3.13. The van der Waals surface area contributed by atoms with Crippen LogP contribution in [-0.4, -0.2) is 26.0 Å². The number of hydrogen-bond acceptors (Lipinski definition) is 3. The van der Waals surface area contributed by atoms with Crippen molar-refractivity contribution in [3.05, 3.63) is 35.6 Å². The van der Waals surface area contributed by atoms with E-state index in [-0.39, 0.29) is 11.9 Å². The normalized spacial score (nSPS) is 14.4. The van der Waals surface area contributed by atoms with Crippen LogP contribution in [0.15, 0.2) is 24.3 Å². The molecule has 1 rings (SSSR count). The Balaban J connectivity index is 2.80. The Labute approximate surface area is 115 Å². The van der Waals surface area contributed by atoms with Gasteiger partial charge in [-0.05, 0) is 38.0 Å². The average molecular weight is 287 g/mol. The SMILES string of the molecule is CCC(NCC(C)(C)S(C)(=O)=O)c1cccc(F)c1. The van der Waals surface area contributed by atoms with Crippen molar-refractivity contribution < 1.29 is 12.8 Å². The quantitative estimate of drug-likeness (QED) is 0.875.